The zero-order chi connectivity index (χ0) is 36.3. The van der Waals surface area contributed by atoms with Crippen LogP contribution in [0.4, 0.5) is 10.1 Å². The first-order valence-corrected chi connectivity index (χ1v) is 17.0. The van der Waals surface area contributed by atoms with E-state index in [4.69, 9.17) is 21.1 Å². The number of nitrogens with zero attached hydrogens (tertiary/aromatic N) is 4. The third-order valence-electron chi connectivity index (χ3n) is 10.0. The summed E-state index contributed by atoms with van der Waals surface area (Å²) in [6, 6.07) is 12.8. The molecular weight excluding hydrogens is 679 g/mol. The van der Waals surface area contributed by atoms with E-state index in [-0.39, 0.29) is 66.8 Å². The Kier molecular flexibility index (Phi) is 8.74. The molecule has 1 aliphatic heterocycles. The lowest BCUT2D eigenvalue weighted by atomic mass is 10.0. The van der Waals surface area contributed by atoms with Crippen LogP contribution in [0.1, 0.15) is 57.8 Å². The number of carbonyl (C=O) groups excluding carboxylic acids is 2. The molecule has 1 N–H and O–H groups in total. The van der Waals surface area contributed by atoms with E-state index in [1.54, 1.807) is 57.5 Å². The van der Waals surface area contributed by atoms with Crippen molar-refractivity contribution in [3.05, 3.63) is 98.2 Å². The number of carbonyl (C=O) groups is 3. The lowest BCUT2D eigenvalue weighted by Gasteiger charge is -2.41. The molecule has 7 rings (SSSR count). The number of benzene rings is 3. The van der Waals surface area contributed by atoms with E-state index in [0.717, 1.165) is 24.3 Å². The van der Waals surface area contributed by atoms with Gasteiger partial charge in [-0.3, -0.25) is 19.0 Å². The van der Waals surface area contributed by atoms with Crippen LogP contribution in [0.2, 0.25) is 5.02 Å². The van der Waals surface area contributed by atoms with E-state index < -0.39 is 22.8 Å². The fraction of sp³-hybridized carbons (Fsp3) is 0.316. The first-order valence-electron chi connectivity index (χ1n) is 16.6. The number of hydrogen-bond acceptors (Lipinski definition) is 7. The first kappa shape index (κ1) is 34.1. The van der Waals surface area contributed by atoms with Crippen LogP contribution in [0.5, 0.6) is 11.5 Å². The molecule has 0 spiro atoms. The molecule has 3 heterocycles. The number of amides is 1. The maximum Gasteiger partial charge on any atom is 0.341 e. The van der Waals surface area contributed by atoms with Gasteiger partial charge in [0, 0.05) is 59.6 Å². The fourth-order valence-electron chi connectivity index (χ4n) is 7.30. The zero-order valence-corrected chi connectivity index (χ0v) is 29.3. The Morgan fingerprint density at radius 1 is 1.00 bits per heavy atom. The smallest absolute Gasteiger partial charge is 0.341 e. The number of aromatic nitrogens is 2. The lowest BCUT2D eigenvalue weighted by Crippen LogP contribution is -2.54. The molecule has 0 radical (unpaired) electrons. The molecule has 0 bridgehead atoms. The summed E-state index contributed by atoms with van der Waals surface area (Å²) in [5.41, 5.74) is 1.75. The molecule has 1 amide bonds. The van der Waals surface area contributed by atoms with Crippen molar-refractivity contribution in [3.63, 3.8) is 0 Å². The summed E-state index contributed by atoms with van der Waals surface area (Å²) < 4.78 is 30.6. The summed E-state index contributed by atoms with van der Waals surface area (Å²) in [7, 11) is 2.96. The standard InChI is InChI=1S/C38H36ClFN4O7/c1-20-18-41(34-30(40)16-28-33(36(34)51-4)43(24-9-10-24)19-29(35(28)46)38(48)49)13-14-42(20)32(45)17-26-21(2)44(31-12-11-25(50-3)15-27(26)31)37(47)22-5-7-23(39)8-6-22/h5-8,11-12,15-16,19-20,24H,9-10,13-14,17-18H2,1-4H3,(H,48,49). The fourth-order valence-corrected chi connectivity index (χ4v) is 7.43. The second-order valence-corrected chi connectivity index (χ2v) is 13.5. The Morgan fingerprint density at radius 2 is 1.73 bits per heavy atom. The van der Waals surface area contributed by atoms with Crippen LogP contribution < -0.4 is 19.8 Å². The Bertz CT molecular complexity index is 2310. The number of piperazine rings is 1. The van der Waals surface area contributed by atoms with Crippen molar-refractivity contribution < 1.29 is 33.4 Å². The van der Waals surface area contributed by atoms with Crippen molar-refractivity contribution in [1.29, 1.82) is 0 Å². The Balaban J connectivity index is 1.20. The van der Waals surface area contributed by atoms with Crippen LogP contribution in [0, 0.1) is 12.7 Å². The van der Waals surface area contributed by atoms with Gasteiger partial charge in [0.2, 0.25) is 11.3 Å². The van der Waals surface area contributed by atoms with E-state index in [2.05, 4.69) is 0 Å². The second-order valence-electron chi connectivity index (χ2n) is 13.1. The third kappa shape index (κ3) is 5.86. The maximum absolute atomic E-state index is 16.0. The van der Waals surface area contributed by atoms with Gasteiger partial charge in [0.05, 0.1) is 37.1 Å². The molecule has 11 nitrogen and oxygen atoms in total. The highest BCUT2D eigenvalue weighted by molar-refractivity contribution is 6.30. The number of fused-ring (bicyclic) bond motifs is 2. The maximum atomic E-state index is 16.0. The number of carboxylic acids is 1. The average Bonchev–Trinajstić information content (AvgIpc) is 3.92. The molecular formula is C38H36ClFN4O7. The van der Waals surface area contributed by atoms with Crippen LogP contribution in [0.3, 0.4) is 0 Å². The third-order valence-corrected chi connectivity index (χ3v) is 10.3. The largest absolute Gasteiger partial charge is 0.497 e. The van der Waals surface area contributed by atoms with E-state index >= 15 is 4.39 Å². The number of aromatic carboxylic acids is 1. The molecule has 264 valence electrons. The molecule has 2 aliphatic rings. The molecule has 13 heteroatoms. The van der Waals surface area contributed by atoms with Gasteiger partial charge in [0.15, 0.2) is 11.6 Å². The SMILES string of the molecule is COc1ccc2c(c1)c(CC(=O)N1CCN(c3c(F)cc4c(=O)c(C(=O)O)cn(C5CC5)c4c3OC)CC1C)c(C)n2C(=O)c1ccc(Cl)cc1. The minimum atomic E-state index is -1.37. The van der Waals surface area contributed by atoms with E-state index in [9.17, 15) is 24.3 Å². The molecule has 2 fully saturated rings. The molecule has 51 heavy (non-hydrogen) atoms. The van der Waals surface area contributed by atoms with Crippen molar-refractivity contribution in [2.75, 3.05) is 38.8 Å². The number of hydrogen-bond donors (Lipinski definition) is 1. The van der Waals surface area contributed by atoms with Gasteiger partial charge in [-0.2, -0.15) is 0 Å². The van der Waals surface area contributed by atoms with Crippen molar-refractivity contribution >= 4 is 56.9 Å². The van der Waals surface area contributed by atoms with Gasteiger partial charge in [0.1, 0.15) is 17.0 Å². The molecule has 3 aromatic carbocycles. The number of methoxy groups -OCH3 is 2. The second kappa shape index (κ2) is 13.1. The average molecular weight is 715 g/mol. The quantitative estimate of drug-likeness (QED) is 0.205. The summed E-state index contributed by atoms with van der Waals surface area (Å²) in [6.07, 6.45) is 2.94. The van der Waals surface area contributed by atoms with Gasteiger partial charge in [-0.25, -0.2) is 9.18 Å². The number of pyridine rings is 1. The summed E-state index contributed by atoms with van der Waals surface area (Å²) in [6.45, 7) is 4.53. The number of anilines is 1. The monoisotopic (exact) mass is 714 g/mol. The number of halogens is 2. The summed E-state index contributed by atoms with van der Waals surface area (Å²) in [4.78, 5) is 56.4. The molecule has 2 aromatic heterocycles. The molecule has 1 atom stereocenters. The highest BCUT2D eigenvalue weighted by Gasteiger charge is 2.35. The molecule has 5 aromatic rings. The highest BCUT2D eigenvalue weighted by Crippen LogP contribution is 2.44. The Labute approximate surface area is 297 Å². The van der Waals surface area contributed by atoms with Crippen molar-refractivity contribution in [1.82, 2.24) is 14.0 Å². The van der Waals surface area contributed by atoms with Crippen LogP contribution in [0.15, 0.2) is 59.5 Å². The van der Waals surface area contributed by atoms with Crippen LogP contribution in [-0.4, -0.2) is 76.8 Å². The van der Waals surface area contributed by atoms with E-state index in [1.165, 1.54) is 13.3 Å². The van der Waals surface area contributed by atoms with Crippen molar-refractivity contribution in [2.24, 2.45) is 0 Å². The topological polar surface area (TPSA) is 123 Å². The Hall–Kier alpha value is -5.36. The number of carboxylic acid groups (broad SMARTS) is 1. The zero-order valence-electron chi connectivity index (χ0n) is 28.5. The number of ether oxygens (including phenoxy) is 2. The minimum absolute atomic E-state index is 0.0218. The van der Waals surface area contributed by atoms with Gasteiger partial charge in [-0.1, -0.05) is 11.6 Å². The predicted molar refractivity (Wildman–Crippen MR) is 191 cm³/mol. The Morgan fingerprint density at radius 3 is 2.35 bits per heavy atom. The predicted octanol–water partition coefficient (Wildman–Crippen LogP) is 6.08. The summed E-state index contributed by atoms with van der Waals surface area (Å²) >= 11 is 6.07. The van der Waals surface area contributed by atoms with Crippen LogP contribution >= 0.6 is 11.6 Å². The first-order chi connectivity index (χ1) is 24.4. The van der Waals surface area contributed by atoms with Gasteiger partial charge in [-0.15, -0.1) is 0 Å². The van der Waals surface area contributed by atoms with Crippen molar-refractivity contribution in [2.45, 2.75) is 45.2 Å². The summed E-state index contributed by atoms with van der Waals surface area (Å²) in [5, 5.41) is 10.9. The number of rotatable bonds is 8. The lowest BCUT2D eigenvalue weighted by molar-refractivity contribution is -0.132. The van der Waals surface area contributed by atoms with E-state index in [1.807, 2.05) is 24.8 Å². The molecule has 1 aliphatic carbocycles. The van der Waals surface area contributed by atoms with Crippen LogP contribution in [0.25, 0.3) is 21.8 Å². The van der Waals surface area contributed by atoms with E-state index in [0.29, 0.717) is 38.6 Å². The van der Waals surface area contributed by atoms with Crippen LogP contribution in [-0.2, 0) is 11.2 Å². The molecule has 1 saturated heterocycles. The van der Waals surface area contributed by atoms with Gasteiger partial charge in [-0.05, 0) is 80.8 Å². The normalized spacial score (nSPS) is 16.2. The molecule has 1 unspecified atom stereocenters. The van der Waals surface area contributed by atoms with Gasteiger partial charge in [0.25, 0.3) is 5.91 Å². The van der Waals surface area contributed by atoms with Gasteiger partial charge < -0.3 is 28.9 Å². The highest BCUT2D eigenvalue weighted by atomic mass is 35.5. The summed E-state index contributed by atoms with van der Waals surface area (Å²) in [5.74, 6) is -1.75. The minimum Gasteiger partial charge on any atom is -0.497 e. The van der Waals surface area contributed by atoms with Gasteiger partial charge >= 0.3 is 5.97 Å². The van der Waals surface area contributed by atoms with Crippen molar-refractivity contribution in [3.8, 4) is 11.5 Å². The molecule has 1 saturated carbocycles.